The molecule has 0 unspecified atom stereocenters. The zero-order valence-electron chi connectivity index (χ0n) is 15.1. The average Bonchev–Trinajstić information content (AvgIpc) is 2.60. The van der Waals surface area contributed by atoms with E-state index in [4.69, 9.17) is 10.00 Å². The SMILES string of the molecule is CC(C)(C)OC(=O)N1CCc2nc(Nc3cccc(C#N)c3)ncc2C1. The van der Waals surface area contributed by atoms with E-state index < -0.39 is 5.60 Å². The van der Waals surface area contributed by atoms with Crippen molar-refractivity contribution in [1.82, 2.24) is 14.9 Å². The van der Waals surface area contributed by atoms with Crippen LogP contribution < -0.4 is 5.32 Å². The number of hydrogen-bond donors (Lipinski definition) is 1. The van der Waals surface area contributed by atoms with E-state index in [-0.39, 0.29) is 6.09 Å². The molecule has 1 aromatic heterocycles. The zero-order valence-corrected chi connectivity index (χ0v) is 15.1. The number of nitrogens with zero attached hydrogens (tertiary/aromatic N) is 4. The normalized spacial score (nSPS) is 13.5. The van der Waals surface area contributed by atoms with Crippen LogP contribution in [0.5, 0.6) is 0 Å². The number of nitriles is 1. The molecule has 2 aromatic rings. The van der Waals surface area contributed by atoms with Gasteiger partial charge in [0, 0.05) is 30.4 Å². The molecule has 1 amide bonds. The molecule has 0 bridgehead atoms. The van der Waals surface area contributed by atoms with Gasteiger partial charge in [-0.05, 0) is 39.0 Å². The van der Waals surface area contributed by atoms with Gasteiger partial charge in [0.1, 0.15) is 5.60 Å². The maximum atomic E-state index is 12.2. The highest BCUT2D eigenvalue weighted by Gasteiger charge is 2.26. The van der Waals surface area contributed by atoms with Gasteiger partial charge in [0.05, 0.1) is 23.9 Å². The highest BCUT2D eigenvalue weighted by molar-refractivity contribution is 5.68. The molecule has 0 spiro atoms. The molecule has 0 aliphatic carbocycles. The molecule has 7 heteroatoms. The van der Waals surface area contributed by atoms with Crippen molar-refractivity contribution in [1.29, 1.82) is 5.26 Å². The molecule has 2 heterocycles. The maximum absolute atomic E-state index is 12.2. The Balaban J connectivity index is 1.71. The van der Waals surface area contributed by atoms with Gasteiger partial charge in [-0.25, -0.2) is 14.8 Å². The van der Waals surface area contributed by atoms with Gasteiger partial charge in [-0.1, -0.05) is 6.07 Å². The van der Waals surface area contributed by atoms with Gasteiger partial charge in [0.25, 0.3) is 0 Å². The largest absolute Gasteiger partial charge is 0.444 e. The molecule has 0 fully saturated rings. The van der Waals surface area contributed by atoms with Crippen LogP contribution >= 0.6 is 0 Å². The lowest BCUT2D eigenvalue weighted by molar-refractivity contribution is 0.0222. The number of hydrogen-bond acceptors (Lipinski definition) is 6. The molecular formula is C19H21N5O2. The van der Waals surface area contributed by atoms with Gasteiger partial charge in [-0.2, -0.15) is 5.26 Å². The summed E-state index contributed by atoms with van der Waals surface area (Å²) in [5.74, 6) is 0.476. The highest BCUT2D eigenvalue weighted by Crippen LogP contribution is 2.21. The van der Waals surface area contributed by atoms with Crippen LogP contribution in [0.3, 0.4) is 0 Å². The molecule has 1 aromatic carbocycles. The Kier molecular flexibility index (Phi) is 4.76. The summed E-state index contributed by atoms with van der Waals surface area (Å²) in [5.41, 5.74) is 2.65. The van der Waals surface area contributed by atoms with Gasteiger partial charge in [0.15, 0.2) is 0 Å². The van der Waals surface area contributed by atoms with E-state index in [9.17, 15) is 4.79 Å². The van der Waals surface area contributed by atoms with E-state index in [0.717, 1.165) is 16.9 Å². The van der Waals surface area contributed by atoms with Crippen LogP contribution in [-0.4, -0.2) is 33.1 Å². The molecular weight excluding hydrogens is 330 g/mol. The average molecular weight is 351 g/mol. The Morgan fingerprint density at radius 3 is 2.92 bits per heavy atom. The third-order valence-electron chi connectivity index (χ3n) is 3.83. The van der Waals surface area contributed by atoms with Crippen LogP contribution in [-0.2, 0) is 17.7 Å². The molecule has 26 heavy (non-hydrogen) atoms. The van der Waals surface area contributed by atoms with Crippen LogP contribution in [0.15, 0.2) is 30.5 Å². The Labute approximate surface area is 152 Å². The smallest absolute Gasteiger partial charge is 0.410 e. The minimum atomic E-state index is -0.514. The van der Waals surface area contributed by atoms with Crippen molar-refractivity contribution in [2.24, 2.45) is 0 Å². The molecule has 0 radical (unpaired) electrons. The maximum Gasteiger partial charge on any atom is 0.410 e. The summed E-state index contributed by atoms with van der Waals surface area (Å²) in [5, 5.41) is 12.1. The minimum absolute atomic E-state index is 0.321. The predicted molar refractivity (Wildman–Crippen MR) is 96.8 cm³/mol. The highest BCUT2D eigenvalue weighted by atomic mass is 16.6. The molecule has 134 valence electrons. The topological polar surface area (TPSA) is 91.1 Å². The summed E-state index contributed by atoms with van der Waals surface area (Å²) in [4.78, 5) is 22.8. The van der Waals surface area contributed by atoms with Crippen LogP contribution in [0.2, 0.25) is 0 Å². The zero-order chi connectivity index (χ0) is 18.7. The van der Waals surface area contributed by atoms with Crippen molar-refractivity contribution in [2.75, 3.05) is 11.9 Å². The van der Waals surface area contributed by atoms with E-state index >= 15 is 0 Å². The van der Waals surface area contributed by atoms with E-state index in [1.54, 1.807) is 29.3 Å². The van der Waals surface area contributed by atoms with Gasteiger partial charge >= 0.3 is 6.09 Å². The number of nitrogens with one attached hydrogen (secondary N) is 1. The van der Waals surface area contributed by atoms with Crippen LogP contribution in [0.25, 0.3) is 0 Å². The van der Waals surface area contributed by atoms with Crippen LogP contribution in [0.1, 0.15) is 37.6 Å². The van der Waals surface area contributed by atoms with Crippen LogP contribution in [0, 0.1) is 11.3 Å². The number of ether oxygens (including phenoxy) is 1. The number of aromatic nitrogens is 2. The minimum Gasteiger partial charge on any atom is -0.444 e. The lowest BCUT2D eigenvalue weighted by Crippen LogP contribution is -2.40. The van der Waals surface area contributed by atoms with E-state index in [0.29, 0.717) is 31.0 Å². The molecule has 7 nitrogen and oxygen atoms in total. The number of fused-ring (bicyclic) bond motifs is 1. The molecule has 0 saturated heterocycles. The van der Waals surface area contributed by atoms with Gasteiger partial charge in [0.2, 0.25) is 5.95 Å². The number of benzene rings is 1. The van der Waals surface area contributed by atoms with Crippen molar-refractivity contribution >= 4 is 17.7 Å². The second kappa shape index (κ2) is 7.00. The first-order valence-electron chi connectivity index (χ1n) is 8.44. The molecule has 3 rings (SSSR count). The summed E-state index contributed by atoms with van der Waals surface area (Å²) in [6.07, 6.45) is 2.05. The van der Waals surface area contributed by atoms with Gasteiger partial charge < -0.3 is 15.0 Å². The van der Waals surface area contributed by atoms with Gasteiger partial charge in [-0.3, -0.25) is 0 Å². The van der Waals surface area contributed by atoms with E-state index in [1.807, 2.05) is 26.8 Å². The Morgan fingerprint density at radius 2 is 2.19 bits per heavy atom. The van der Waals surface area contributed by atoms with Crippen molar-refractivity contribution in [3.63, 3.8) is 0 Å². The Bertz CT molecular complexity index is 867. The first-order chi connectivity index (χ1) is 12.3. The second-order valence-electron chi connectivity index (χ2n) is 7.14. The fourth-order valence-electron chi connectivity index (χ4n) is 2.65. The molecule has 1 aliphatic heterocycles. The summed E-state index contributed by atoms with van der Waals surface area (Å²) in [6.45, 7) is 6.55. The first-order valence-corrected chi connectivity index (χ1v) is 8.44. The monoisotopic (exact) mass is 351 g/mol. The number of rotatable bonds is 2. The van der Waals surface area contributed by atoms with Crippen LogP contribution in [0.4, 0.5) is 16.4 Å². The van der Waals surface area contributed by atoms with Crippen molar-refractivity contribution in [2.45, 2.75) is 39.3 Å². The van der Waals surface area contributed by atoms with Crippen molar-refractivity contribution in [3.05, 3.63) is 47.3 Å². The summed E-state index contributed by atoms with van der Waals surface area (Å²) in [6, 6.07) is 9.25. The molecule has 1 aliphatic rings. The number of carbonyl (C=O) groups excluding carboxylic acids is 1. The second-order valence-corrected chi connectivity index (χ2v) is 7.14. The summed E-state index contributed by atoms with van der Waals surface area (Å²) in [7, 11) is 0. The fraction of sp³-hybridized carbons (Fsp3) is 0.368. The molecule has 0 saturated carbocycles. The predicted octanol–water partition coefficient (Wildman–Crippen LogP) is 3.39. The lowest BCUT2D eigenvalue weighted by atomic mass is 10.1. The number of amides is 1. The van der Waals surface area contributed by atoms with E-state index in [2.05, 4.69) is 21.4 Å². The standard InChI is InChI=1S/C19H21N5O2/c1-19(2,3)26-18(25)24-8-7-16-14(12-24)11-21-17(23-16)22-15-6-4-5-13(9-15)10-20/h4-6,9,11H,7-8,12H2,1-3H3,(H,21,22,23). The summed E-state index contributed by atoms with van der Waals surface area (Å²) >= 11 is 0. The summed E-state index contributed by atoms with van der Waals surface area (Å²) < 4.78 is 5.42. The van der Waals surface area contributed by atoms with E-state index in [1.165, 1.54) is 0 Å². The third-order valence-corrected chi connectivity index (χ3v) is 3.83. The Hall–Kier alpha value is -3.14. The van der Waals surface area contributed by atoms with Gasteiger partial charge in [-0.15, -0.1) is 0 Å². The lowest BCUT2D eigenvalue weighted by Gasteiger charge is -2.30. The number of carbonyl (C=O) groups is 1. The Morgan fingerprint density at radius 1 is 1.38 bits per heavy atom. The third kappa shape index (κ3) is 4.28. The first kappa shape index (κ1) is 17.7. The fourth-order valence-corrected chi connectivity index (χ4v) is 2.65. The quantitative estimate of drug-likeness (QED) is 0.892. The molecule has 1 N–H and O–H groups in total. The number of anilines is 2. The molecule has 0 atom stereocenters. The van der Waals surface area contributed by atoms with Crippen molar-refractivity contribution < 1.29 is 9.53 Å². The van der Waals surface area contributed by atoms with Crippen molar-refractivity contribution in [3.8, 4) is 6.07 Å².